The predicted octanol–water partition coefficient (Wildman–Crippen LogP) is 3.85. The number of rotatable bonds is 4. The van der Waals surface area contributed by atoms with Crippen LogP contribution in [0, 0.1) is 6.92 Å². The Hall–Kier alpha value is -1.87. The minimum atomic E-state index is -0.0411. The zero-order chi connectivity index (χ0) is 14.8. The van der Waals surface area contributed by atoms with Crippen molar-refractivity contribution in [2.45, 2.75) is 32.4 Å². The maximum atomic E-state index is 12.7. The van der Waals surface area contributed by atoms with Crippen molar-refractivity contribution >= 4 is 17.5 Å². The first-order valence-corrected chi connectivity index (χ1v) is 7.50. The SMILES string of the molecule is Cc1ccc(CN(C(=O)c2cccc(Cl)n2)C2CC2)cc1. The summed E-state index contributed by atoms with van der Waals surface area (Å²) >= 11 is 5.88. The average Bonchev–Trinajstić information content (AvgIpc) is 3.30. The number of nitrogens with zero attached hydrogens (tertiary/aromatic N) is 2. The van der Waals surface area contributed by atoms with E-state index in [9.17, 15) is 4.79 Å². The molecule has 0 radical (unpaired) electrons. The van der Waals surface area contributed by atoms with Crippen LogP contribution < -0.4 is 0 Å². The molecule has 3 rings (SSSR count). The molecule has 0 bridgehead atoms. The Kier molecular flexibility index (Phi) is 3.93. The highest BCUT2D eigenvalue weighted by Crippen LogP contribution is 2.29. The van der Waals surface area contributed by atoms with Gasteiger partial charge < -0.3 is 4.90 Å². The third kappa shape index (κ3) is 3.42. The Labute approximate surface area is 129 Å². The van der Waals surface area contributed by atoms with Crippen molar-refractivity contribution in [3.05, 3.63) is 64.4 Å². The molecule has 1 aromatic heterocycles. The fourth-order valence-electron chi connectivity index (χ4n) is 2.32. The molecule has 21 heavy (non-hydrogen) atoms. The molecule has 1 aliphatic rings. The van der Waals surface area contributed by atoms with E-state index in [1.54, 1.807) is 18.2 Å². The molecule has 1 amide bonds. The van der Waals surface area contributed by atoms with E-state index >= 15 is 0 Å². The first kappa shape index (κ1) is 14.1. The van der Waals surface area contributed by atoms with Gasteiger partial charge in [0.15, 0.2) is 0 Å². The molecule has 0 N–H and O–H groups in total. The van der Waals surface area contributed by atoms with Gasteiger partial charge in [0, 0.05) is 12.6 Å². The first-order valence-electron chi connectivity index (χ1n) is 7.12. The summed E-state index contributed by atoms with van der Waals surface area (Å²) in [5.74, 6) is -0.0411. The van der Waals surface area contributed by atoms with Crippen molar-refractivity contribution in [1.82, 2.24) is 9.88 Å². The highest BCUT2D eigenvalue weighted by atomic mass is 35.5. The third-order valence-electron chi connectivity index (χ3n) is 3.66. The summed E-state index contributed by atoms with van der Waals surface area (Å²) in [6.45, 7) is 2.68. The van der Waals surface area contributed by atoms with Gasteiger partial charge in [0.1, 0.15) is 10.8 Å². The van der Waals surface area contributed by atoms with Crippen LogP contribution in [0.4, 0.5) is 0 Å². The average molecular weight is 301 g/mol. The Bertz CT molecular complexity index is 650. The van der Waals surface area contributed by atoms with Crippen molar-refractivity contribution in [1.29, 1.82) is 0 Å². The Morgan fingerprint density at radius 1 is 1.24 bits per heavy atom. The monoisotopic (exact) mass is 300 g/mol. The maximum absolute atomic E-state index is 12.7. The predicted molar refractivity (Wildman–Crippen MR) is 83.3 cm³/mol. The normalized spacial score (nSPS) is 14.0. The standard InChI is InChI=1S/C17H17ClN2O/c1-12-5-7-13(8-6-12)11-20(14-9-10-14)17(21)15-3-2-4-16(18)19-15/h2-8,14H,9-11H2,1H3. The number of amides is 1. The molecule has 0 aliphatic heterocycles. The van der Waals surface area contributed by atoms with Crippen LogP contribution in [-0.2, 0) is 6.54 Å². The number of aromatic nitrogens is 1. The highest BCUT2D eigenvalue weighted by Gasteiger charge is 2.33. The lowest BCUT2D eigenvalue weighted by atomic mass is 10.1. The number of carbonyl (C=O) groups is 1. The zero-order valence-corrected chi connectivity index (χ0v) is 12.7. The van der Waals surface area contributed by atoms with Gasteiger partial charge >= 0.3 is 0 Å². The summed E-state index contributed by atoms with van der Waals surface area (Å²) in [6.07, 6.45) is 2.14. The quantitative estimate of drug-likeness (QED) is 0.804. The summed E-state index contributed by atoms with van der Waals surface area (Å²) in [5, 5.41) is 0.354. The number of hydrogen-bond acceptors (Lipinski definition) is 2. The van der Waals surface area contributed by atoms with Crippen molar-refractivity contribution < 1.29 is 4.79 Å². The smallest absolute Gasteiger partial charge is 0.273 e. The van der Waals surface area contributed by atoms with E-state index in [0.29, 0.717) is 23.4 Å². The molecule has 108 valence electrons. The fourth-order valence-corrected chi connectivity index (χ4v) is 2.48. The number of halogens is 1. The second-order valence-electron chi connectivity index (χ2n) is 5.50. The number of pyridine rings is 1. The summed E-state index contributed by atoms with van der Waals surface area (Å²) in [6, 6.07) is 13.8. The molecule has 1 heterocycles. The summed E-state index contributed by atoms with van der Waals surface area (Å²) in [4.78, 5) is 18.7. The van der Waals surface area contributed by atoms with Crippen molar-refractivity contribution in [3.8, 4) is 0 Å². The number of aryl methyl sites for hydroxylation is 1. The van der Waals surface area contributed by atoms with Crippen LogP contribution >= 0.6 is 11.6 Å². The molecule has 0 spiro atoms. The molecule has 4 heteroatoms. The largest absolute Gasteiger partial charge is 0.330 e. The van der Waals surface area contributed by atoms with Gasteiger partial charge in [-0.05, 0) is 37.5 Å². The number of carbonyl (C=O) groups excluding carboxylic acids is 1. The van der Waals surface area contributed by atoms with Gasteiger partial charge in [-0.15, -0.1) is 0 Å². The lowest BCUT2D eigenvalue weighted by Crippen LogP contribution is -2.33. The molecule has 3 nitrogen and oxygen atoms in total. The van der Waals surface area contributed by atoms with Crippen molar-refractivity contribution in [2.75, 3.05) is 0 Å². The van der Waals surface area contributed by atoms with Crippen molar-refractivity contribution in [3.63, 3.8) is 0 Å². The summed E-state index contributed by atoms with van der Waals surface area (Å²) in [7, 11) is 0. The zero-order valence-electron chi connectivity index (χ0n) is 11.9. The van der Waals surface area contributed by atoms with E-state index in [2.05, 4.69) is 36.2 Å². The lowest BCUT2D eigenvalue weighted by molar-refractivity contribution is 0.0724. The summed E-state index contributed by atoms with van der Waals surface area (Å²) < 4.78 is 0. The molecular weight excluding hydrogens is 284 g/mol. The fraction of sp³-hybridized carbons (Fsp3) is 0.294. The van der Waals surface area contributed by atoms with Crippen LogP contribution in [0.2, 0.25) is 5.15 Å². The molecule has 0 saturated heterocycles. The van der Waals surface area contributed by atoms with Crippen molar-refractivity contribution in [2.24, 2.45) is 0 Å². The molecule has 2 aromatic rings. The molecular formula is C17H17ClN2O. The van der Waals surface area contributed by atoms with Gasteiger partial charge in [-0.2, -0.15) is 0 Å². The minimum Gasteiger partial charge on any atom is -0.330 e. The lowest BCUT2D eigenvalue weighted by Gasteiger charge is -2.22. The van der Waals surface area contributed by atoms with E-state index < -0.39 is 0 Å². The summed E-state index contributed by atoms with van der Waals surface area (Å²) in [5.41, 5.74) is 2.78. The van der Waals surface area contributed by atoms with E-state index in [4.69, 9.17) is 11.6 Å². The molecule has 1 aromatic carbocycles. The molecule has 0 unspecified atom stereocenters. The van der Waals surface area contributed by atoms with Gasteiger partial charge in [-0.3, -0.25) is 4.79 Å². The van der Waals surface area contributed by atoms with Gasteiger partial charge in [0.05, 0.1) is 0 Å². The van der Waals surface area contributed by atoms with Crippen LogP contribution in [0.5, 0.6) is 0 Å². The van der Waals surface area contributed by atoms with E-state index in [1.165, 1.54) is 5.56 Å². The number of hydrogen-bond donors (Lipinski definition) is 0. The van der Waals surface area contributed by atoms with Crippen LogP contribution in [0.3, 0.4) is 0 Å². The third-order valence-corrected chi connectivity index (χ3v) is 3.87. The van der Waals surface area contributed by atoms with Crippen LogP contribution in [0.25, 0.3) is 0 Å². The first-order chi connectivity index (χ1) is 10.1. The molecule has 1 saturated carbocycles. The van der Waals surface area contributed by atoms with Gasteiger partial charge in [-0.25, -0.2) is 4.98 Å². The Morgan fingerprint density at radius 3 is 2.57 bits per heavy atom. The van der Waals surface area contributed by atoms with Gasteiger partial charge in [-0.1, -0.05) is 47.5 Å². The Morgan fingerprint density at radius 2 is 1.95 bits per heavy atom. The molecule has 1 aliphatic carbocycles. The molecule has 0 atom stereocenters. The topological polar surface area (TPSA) is 33.2 Å². The molecule has 1 fully saturated rings. The highest BCUT2D eigenvalue weighted by molar-refractivity contribution is 6.29. The van der Waals surface area contributed by atoms with E-state index in [0.717, 1.165) is 18.4 Å². The second-order valence-corrected chi connectivity index (χ2v) is 5.88. The second kappa shape index (κ2) is 5.86. The van der Waals surface area contributed by atoms with Gasteiger partial charge in [0.25, 0.3) is 5.91 Å². The van der Waals surface area contributed by atoms with Crippen LogP contribution in [0.1, 0.15) is 34.5 Å². The van der Waals surface area contributed by atoms with E-state index in [1.807, 2.05) is 4.90 Å². The van der Waals surface area contributed by atoms with Crippen LogP contribution in [0.15, 0.2) is 42.5 Å². The number of benzene rings is 1. The van der Waals surface area contributed by atoms with Crippen LogP contribution in [-0.4, -0.2) is 21.8 Å². The van der Waals surface area contributed by atoms with Gasteiger partial charge in [0.2, 0.25) is 0 Å². The Balaban J connectivity index is 1.81. The maximum Gasteiger partial charge on any atom is 0.273 e. The minimum absolute atomic E-state index is 0.0411. The van der Waals surface area contributed by atoms with E-state index in [-0.39, 0.29) is 5.91 Å².